The number of aryl methyl sites for hydroxylation is 1. The van der Waals surface area contributed by atoms with Gasteiger partial charge in [0.15, 0.2) is 5.56 Å². The van der Waals surface area contributed by atoms with E-state index in [1.165, 1.54) is 0 Å². The van der Waals surface area contributed by atoms with Crippen molar-refractivity contribution in [3.05, 3.63) is 51.4 Å². The van der Waals surface area contributed by atoms with Crippen LogP contribution in [0.1, 0.15) is 35.5 Å². The monoisotopic (exact) mass is 533 g/mol. The number of aromatic amines is 1. The largest absolute Gasteiger partial charge is 0.506 e. The van der Waals surface area contributed by atoms with Crippen molar-refractivity contribution in [2.75, 3.05) is 0 Å². The number of ether oxygens (including phenoxy) is 1. The van der Waals surface area contributed by atoms with Crippen LogP contribution in [-0.2, 0) is 29.5 Å². The highest BCUT2D eigenvalue weighted by Crippen LogP contribution is 2.33. The highest BCUT2D eigenvalue weighted by Gasteiger charge is 2.43. The first-order valence-electron chi connectivity index (χ1n) is 10.8. The molecule has 0 aliphatic carbocycles. The highest BCUT2D eigenvalue weighted by molar-refractivity contribution is 6.00. The van der Waals surface area contributed by atoms with Gasteiger partial charge in [-0.25, -0.2) is 9.59 Å². The molecule has 0 saturated carbocycles. The Hall–Kier alpha value is -3.81. The molecule has 37 heavy (non-hydrogen) atoms. The molecule has 0 fully saturated rings. The molecule has 3 aromatic rings. The molecule has 3 rings (SSSR count). The number of carbonyl (C=O) groups excluding carboxylic acids is 2. The van der Waals surface area contributed by atoms with Crippen molar-refractivity contribution in [1.82, 2.24) is 14.9 Å². The number of alkyl halides is 6. The molecule has 0 radical (unpaired) electrons. The molecule has 8 nitrogen and oxygen atoms in total. The number of nitrogens with zero attached hydrogens (tertiary/aromatic N) is 1. The molecule has 1 aromatic carbocycles. The number of rotatable bonds is 6. The van der Waals surface area contributed by atoms with Gasteiger partial charge in [0.25, 0.3) is 5.56 Å². The van der Waals surface area contributed by atoms with E-state index in [4.69, 9.17) is 0 Å². The molecule has 0 bridgehead atoms. The lowest BCUT2D eigenvalue weighted by molar-refractivity contribution is -0.193. The second kappa shape index (κ2) is 9.92. The molecular formula is C23H21F6N3O5. The van der Waals surface area contributed by atoms with E-state index in [0.29, 0.717) is 22.2 Å². The second-order valence-corrected chi connectivity index (χ2v) is 8.17. The molecule has 0 spiro atoms. The van der Waals surface area contributed by atoms with Gasteiger partial charge in [0.05, 0.1) is 5.69 Å². The molecule has 0 amide bonds. The minimum absolute atomic E-state index is 0.0119. The number of aromatic nitrogens is 2. The molecule has 0 saturated heterocycles. The summed E-state index contributed by atoms with van der Waals surface area (Å²) in [6, 6.07) is 4.65. The lowest BCUT2D eigenvalue weighted by Gasteiger charge is -2.17. The molecule has 200 valence electrons. The van der Waals surface area contributed by atoms with E-state index in [2.05, 4.69) is 15.0 Å². The number of carbonyl (C=O) groups is 2. The van der Waals surface area contributed by atoms with Gasteiger partial charge in [0.2, 0.25) is 0 Å². The second-order valence-electron chi connectivity index (χ2n) is 8.17. The van der Waals surface area contributed by atoms with Gasteiger partial charge in [-0.15, -0.1) is 0 Å². The molecule has 14 heteroatoms. The van der Waals surface area contributed by atoms with Crippen molar-refractivity contribution in [3.8, 4) is 17.0 Å². The number of benzene rings is 1. The van der Waals surface area contributed by atoms with Crippen LogP contribution in [0.25, 0.3) is 22.2 Å². The molecular weight excluding hydrogens is 512 g/mol. The maximum Gasteiger partial charge on any atom is 0.491 e. The van der Waals surface area contributed by atoms with Crippen molar-refractivity contribution < 1.29 is 45.8 Å². The third-order valence-electron chi connectivity index (χ3n) is 5.78. The van der Waals surface area contributed by atoms with Crippen LogP contribution in [0, 0.1) is 0 Å². The zero-order chi connectivity index (χ0) is 27.9. The molecule has 0 aliphatic heterocycles. The van der Waals surface area contributed by atoms with Gasteiger partial charge in [-0.2, -0.15) is 26.3 Å². The van der Waals surface area contributed by atoms with Crippen molar-refractivity contribution in [1.29, 1.82) is 0 Å². The van der Waals surface area contributed by atoms with Crippen molar-refractivity contribution >= 4 is 22.8 Å². The van der Waals surface area contributed by atoms with E-state index in [9.17, 15) is 45.8 Å². The fourth-order valence-electron chi connectivity index (χ4n) is 3.71. The maximum atomic E-state index is 12.8. The summed E-state index contributed by atoms with van der Waals surface area (Å²) < 4.78 is 81.1. The van der Waals surface area contributed by atoms with Crippen molar-refractivity contribution in [2.24, 2.45) is 7.05 Å². The Morgan fingerprint density at radius 1 is 1.16 bits per heavy atom. The Balaban J connectivity index is 2.00. The van der Waals surface area contributed by atoms with Crippen LogP contribution in [-0.4, -0.2) is 45.0 Å². The van der Waals surface area contributed by atoms with E-state index in [-0.39, 0.29) is 24.2 Å². The first kappa shape index (κ1) is 27.8. The summed E-state index contributed by atoms with van der Waals surface area (Å²) in [5.41, 5.74) is -0.882. The predicted molar refractivity (Wildman–Crippen MR) is 119 cm³/mol. The number of pyridine rings is 1. The lowest BCUT2D eigenvalue weighted by atomic mass is 9.99. The minimum atomic E-state index is -5.49. The van der Waals surface area contributed by atoms with E-state index in [1.807, 2.05) is 0 Å². The summed E-state index contributed by atoms with van der Waals surface area (Å²) in [5, 5.41) is 13.5. The third-order valence-corrected chi connectivity index (χ3v) is 5.78. The van der Waals surface area contributed by atoms with Gasteiger partial charge in [-0.1, -0.05) is 13.0 Å². The Morgan fingerprint density at radius 3 is 2.38 bits per heavy atom. The number of aromatic hydroxyl groups is 1. The Kier molecular flexibility index (Phi) is 7.44. The Bertz CT molecular complexity index is 1420. The van der Waals surface area contributed by atoms with Crippen LogP contribution in [0.3, 0.4) is 0 Å². The van der Waals surface area contributed by atoms with Crippen LogP contribution in [0.2, 0.25) is 0 Å². The number of hydrogen-bond acceptors (Lipinski definition) is 6. The molecule has 3 N–H and O–H groups in total. The first-order valence-corrected chi connectivity index (χ1v) is 10.8. The molecule has 2 heterocycles. The summed E-state index contributed by atoms with van der Waals surface area (Å²) in [7, 11) is 1.66. The summed E-state index contributed by atoms with van der Waals surface area (Å²) in [6.45, 7) is 2.44. The number of esters is 2. The fraction of sp³-hybridized carbons (Fsp3) is 0.348. The van der Waals surface area contributed by atoms with Gasteiger partial charge in [0.1, 0.15) is 11.8 Å². The van der Waals surface area contributed by atoms with Crippen LogP contribution in [0.4, 0.5) is 26.3 Å². The third kappa shape index (κ3) is 5.63. The number of hydrogen-bond donors (Lipinski definition) is 3. The topological polar surface area (TPSA) is 113 Å². The zero-order valence-corrected chi connectivity index (χ0v) is 19.6. The molecule has 0 aliphatic rings. The summed E-state index contributed by atoms with van der Waals surface area (Å²) in [4.78, 5) is 37.9. The lowest BCUT2D eigenvalue weighted by Crippen LogP contribution is -2.39. The molecule has 2 aromatic heterocycles. The van der Waals surface area contributed by atoms with Crippen LogP contribution in [0.5, 0.6) is 5.75 Å². The van der Waals surface area contributed by atoms with E-state index >= 15 is 0 Å². The Morgan fingerprint density at radius 2 is 1.81 bits per heavy atom. The van der Waals surface area contributed by atoms with Crippen molar-refractivity contribution in [2.45, 2.75) is 45.2 Å². The Labute approximate surface area is 204 Å². The summed E-state index contributed by atoms with van der Waals surface area (Å²) in [5.74, 6) is -5.76. The fourth-order valence-corrected chi connectivity index (χ4v) is 3.71. The number of fused-ring (bicyclic) bond motifs is 1. The van der Waals surface area contributed by atoms with Crippen LogP contribution >= 0.6 is 0 Å². The number of halogens is 6. The smallest absolute Gasteiger partial charge is 0.491 e. The van der Waals surface area contributed by atoms with E-state index in [0.717, 1.165) is 6.92 Å². The van der Waals surface area contributed by atoms with E-state index in [1.54, 1.807) is 42.8 Å². The quantitative estimate of drug-likeness (QED) is 0.250. The van der Waals surface area contributed by atoms with Gasteiger partial charge in [-0.05, 0) is 37.1 Å². The van der Waals surface area contributed by atoms with Gasteiger partial charge < -0.3 is 24.7 Å². The average molecular weight is 533 g/mol. The predicted octanol–water partition coefficient (Wildman–Crippen LogP) is 4.09. The van der Waals surface area contributed by atoms with Crippen LogP contribution < -0.4 is 10.9 Å². The van der Waals surface area contributed by atoms with Crippen molar-refractivity contribution in [3.63, 3.8) is 0 Å². The SMILES string of the molecule is CCc1c(-c2ccc3c(c2)cc(CN[C@@H](C)C(F)(F)F)n3C)[nH]c(=O)c(C(=O)OC(=O)C(F)(F)F)c1O. The average Bonchev–Trinajstić information content (AvgIpc) is 3.10. The van der Waals surface area contributed by atoms with Gasteiger partial charge >= 0.3 is 24.3 Å². The van der Waals surface area contributed by atoms with Gasteiger partial charge in [-0.3, -0.25) is 4.79 Å². The highest BCUT2D eigenvalue weighted by atomic mass is 19.4. The molecule has 0 unspecified atom stereocenters. The summed E-state index contributed by atoms with van der Waals surface area (Å²) in [6.07, 6.45) is -9.89. The number of nitrogens with one attached hydrogen (secondary N) is 2. The minimum Gasteiger partial charge on any atom is -0.506 e. The first-order chi connectivity index (χ1) is 17.1. The van der Waals surface area contributed by atoms with Gasteiger partial charge in [0, 0.05) is 35.8 Å². The molecule has 1 atom stereocenters. The zero-order valence-electron chi connectivity index (χ0n) is 19.6. The number of H-pyrrole nitrogens is 1. The summed E-state index contributed by atoms with van der Waals surface area (Å²) >= 11 is 0. The maximum absolute atomic E-state index is 12.8. The van der Waals surface area contributed by atoms with Crippen LogP contribution in [0.15, 0.2) is 29.1 Å². The standard InChI is InChI=1S/C23H21F6N3O5/c1-4-14-17(31-19(34)16(18(14)33)20(35)37-21(36)23(27,28)29)11-5-6-15-12(7-11)8-13(32(15)3)9-30-10(2)22(24,25)26/h5-8,10,30H,4,9H2,1-3H3,(H2,31,33,34)/t10-/m0/s1. The normalized spacial score (nSPS) is 13.1. The van der Waals surface area contributed by atoms with E-state index < -0.39 is 47.2 Å².